The largest absolute Gasteiger partial charge is 0.497 e. The van der Waals surface area contributed by atoms with E-state index in [1.807, 2.05) is 17.9 Å². The van der Waals surface area contributed by atoms with Crippen LogP contribution in [-0.4, -0.2) is 99.8 Å². The zero-order valence-corrected chi connectivity index (χ0v) is 25.0. The van der Waals surface area contributed by atoms with E-state index < -0.39 is 12.0 Å². The van der Waals surface area contributed by atoms with E-state index in [-0.39, 0.29) is 18.5 Å². The van der Waals surface area contributed by atoms with Crippen LogP contribution in [-0.2, 0) is 9.53 Å². The van der Waals surface area contributed by atoms with Gasteiger partial charge in [-0.15, -0.1) is 0 Å². The van der Waals surface area contributed by atoms with Gasteiger partial charge < -0.3 is 29.2 Å². The van der Waals surface area contributed by atoms with Gasteiger partial charge in [-0.3, -0.25) is 14.6 Å². The third-order valence-corrected chi connectivity index (χ3v) is 7.52. The van der Waals surface area contributed by atoms with Crippen molar-refractivity contribution in [3.05, 3.63) is 64.9 Å². The van der Waals surface area contributed by atoms with Crippen molar-refractivity contribution >= 4 is 17.9 Å². The lowest BCUT2D eigenvalue weighted by atomic mass is 9.93. The van der Waals surface area contributed by atoms with Gasteiger partial charge in [-0.05, 0) is 56.2 Å². The van der Waals surface area contributed by atoms with E-state index in [2.05, 4.69) is 10.2 Å². The number of benzene rings is 2. The van der Waals surface area contributed by atoms with Crippen molar-refractivity contribution < 1.29 is 33.3 Å². The number of hydrogen-bond acceptors (Lipinski definition) is 8. The molecule has 1 N–H and O–H groups in total. The second-order valence-corrected chi connectivity index (χ2v) is 10.0. The average Bonchev–Trinajstić information content (AvgIpc) is 3.25. The Kier molecular flexibility index (Phi) is 10.3. The minimum atomic E-state index is -0.767. The van der Waals surface area contributed by atoms with Crippen molar-refractivity contribution in [2.75, 3.05) is 67.2 Å². The minimum Gasteiger partial charge on any atom is -0.497 e. The Bertz CT molecular complexity index is 1310. The van der Waals surface area contributed by atoms with Crippen LogP contribution in [0.25, 0.3) is 0 Å². The maximum atomic E-state index is 13.5. The van der Waals surface area contributed by atoms with Crippen molar-refractivity contribution in [3.8, 4) is 17.2 Å². The summed E-state index contributed by atoms with van der Waals surface area (Å²) in [5.41, 5.74) is 2.16. The van der Waals surface area contributed by atoms with Crippen LogP contribution in [0.3, 0.4) is 0 Å². The molecule has 11 heteroatoms. The quantitative estimate of drug-likeness (QED) is 0.426. The fourth-order valence-corrected chi connectivity index (χ4v) is 5.39. The fraction of sp³-hybridized carbons (Fsp3) is 0.452. The van der Waals surface area contributed by atoms with Gasteiger partial charge in [0.05, 0.1) is 39.6 Å². The zero-order valence-electron chi connectivity index (χ0n) is 25.0. The summed E-state index contributed by atoms with van der Waals surface area (Å²) in [7, 11) is 4.67. The summed E-state index contributed by atoms with van der Waals surface area (Å²) in [6.45, 7) is 6.89. The molecule has 0 saturated carbocycles. The summed E-state index contributed by atoms with van der Waals surface area (Å²) >= 11 is 0. The Morgan fingerprint density at radius 2 is 1.62 bits per heavy atom. The van der Waals surface area contributed by atoms with Gasteiger partial charge in [0.2, 0.25) is 0 Å². The van der Waals surface area contributed by atoms with Gasteiger partial charge in [0.15, 0.2) is 0 Å². The molecule has 2 heterocycles. The molecule has 42 heavy (non-hydrogen) atoms. The van der Waals surface area contributed by atoms with Gasteiger partial charge in [0.25, 0.3) is 5.91 Å². The van der Waals surface area contributed by atoms with Crippen LogP contribution in [0.5, 0.6) is 17.2 Å². The van der Waals surface area contributed by atoms with E-state index in [0.29, 0.717) is 78.9 Å². The molecule has 3 amide bonds. The Labute approximate surface area is 246 Å². The molecule has 1 fully saturated rings. The van der Waals surface area contributed by atoms with Crippen LogP contribution in [0.4, 0.5) is 4.79 Å². The number of hydrogen-bond donors (Lipinski definition) is 1. The van der Waals surface area contributed by atoms with E-state index in [1.54, 1.807) is 69.6 Å². The first-order valence-electron chi connectivity index (χ1n) is 14.2. The number of urea groups is 1. The molecular formula is C31H40N4O7. The summed E-state index contributed by atoms with van der Waals surface area (Å²) in [6, 6.07) is 11.4. The summed E-state index contributed by atoms with van der Waals surface area (Å²) < 4.78 is 21.7. The van der Waals surface area contributed by atoms with Crippen molar-refractivity contribution in [1.82, 2.24) is 20.0 Å². The second kappa shape index (κ2) is 14.1. The van der Waals surface area contributed by atoms with Gasteiger partial charge in [0, 0.05) is 56.6 Å². The minimum absolute atomic E-state index is 0.0542. The number of esters is 1. The zero-order chi connectivity index (χ0) is 30.2. The molecule has 1 atom stereocenters. The molecule has 0 bridgehead atoms. The summed E-state index contributed by atoms with van der Waals surface area (Å²) in [6.07, 6.45) is 0.743. The fourth-order valence-electron chi connectivity index (χ4n) is 5.39. The van der Waals surface area contributed by atoms with Crippen LogP contribution in [0.2, 0.25) is 0 Å². The number of rotatable bonds is 10. The molecule has 4 rings (SSSR count). The maximum Gasteiger partial charge on any atom is 0.338 e. The van der Waals surface area contributed by atoms with Gasteiger partial charge in [-0.2, -0.15) is 0 Å². The van der Waals surface area contributed by atoms with Gasteiger partial charge in [-0.1, -0.05) is 6.07 Å². The molecule has 2 aromatic rings. The number of likely N-dealkylation sites (N-methyl/N-ethyl adjacent to an activating group) is 1. The standard InChI is InChI=1S/C31H40N4O7/c1-6-35-26(20-33-12-9-13-34(15-14-33)29(36)21-10-8-11-23(16-21)39-3)27(30(37)42-7-2)28(32-31(35)38)22-17-24(40-4)19-25(18-22)41-5/h8,10-11,16-19,28H,6-7,9,12-15,20H2,1-5H3,(H,32,38). The molecule has 0 radical (unpaired) electrons. The molecule has 226 valence electrons. The third-order valence-electron chi connectivity index (χ3n) is 7.52. The number of nitrogens with one attached hydrogen (secondary N) is 1. The summed E-state index contributed by atoms with van der Waals surface area (Å²) in [4.78, 5) is 45.8. The van der Waals surface area contributed by atoms with Gasteiger partial charge >= 0.3 is 12.0 Å². The van der Waals surface area contributed by atoms with Gasteiger partial charge in [0.1, 0.15) is 17.2 Å². The highest BCUT2D eigenvalue weighted by Crippen LogP contribution is 2.35. The van der Waals surface area contributed by atoms with E-state index in [1.165, 1.54) is 0 Å². The van der Waals surface area contributed by atoms with Crippen molar-refractivity contribution in [2.45, 2.75) is 26.3 Å². The molecule has 2 aliphatic heterocycles. The number of nitrogens with zero attached hydrogens (tertiary/aromatic N) is 3. The highest BCUT2D eigenvalue weighted by molar-refractivity contribution is 5.95. The van der Waals surface area contributed by atoms with E-state index in [0.717, 1.165) is 6.42 Å². The molecular weight excluding hydrogens is 540 g/mol. The third kappa shape index (κ3) is 6.79. The first kappa shape index (κ1) is 30.7. The maximum absolute atomic E-state index is 13.5. The second-order valence-electron chi connectivity index (χ2n) is 10.0. The highest BCUT2D eigenvalue weighted by atomic mass is 16.5. The van der Waals surface area contributed by atoms with Crippen molar-refractivity contribution in [3.63, 3.8) is 0 Å². The van der Waals surface area contributed by atoms with Crippen LogP contribution >= 0.6 is 0 Å². The van der Waals surface area contributed by atoms with Crippen molar-refractivity contribution in [1.29, 1.82) is 0 Å². The Morgan fingerprint density at radius 1 is 0.905 bits per heavy atom. The SMILES string of the molecule is CCOC(=O)C1=C(CN2CCCN(C(=O)c3cccc(OC)c3)CC2)N(CC)C(=O)NC1c1cc(OC)cc(OC)c1. The Morgan fingerprint density at radius 3 is 2.26 bits per heavy atom. The van der Waals surface area contributed by atoms with E-state index in [9.17, 15) is 14.4 Å². The normalized spacial score (nSPS) is 17.8. The van der Waals surface area contributed by atoms with E-state index >= 15 is 0 Å². The molecule has 2 aromatic carbocycles. The molecule has 1 unspecified atom stereocenters. The summed E-state index contributed by atoms with van der Waals surface area (Å²) in [5.74, 6) is 1.15. The number of carbonyl (C=O) groups is 3. The first-order valence-corrected chi connectivity index (χ1v) is 14.2. The highest BCUT2D eigenvalue weighted by Gasteiger charge is 2.39. The monoisotopic (exact) mass is 580 g/mol. The van der Waals surface area contributed by atoms with Crippen LogP contribution < -0.4 is 19.5 Å². The summed E-state index contributed by atoms with van der Waals surface area (Å²) in [5, 5.41) is 2.99. The Balaban J connectivity index is 1.65. The molecule has 11 nitrogen and oxygen atoms in total. The van der Waals surface area contributed by atoms with Crippen LogP contribution in [0.1, 0.15) is 42.2 Å². The number of amides is 3. The lowest BCUT2D eigenvalue weighted by Gasteiger charge is -2.38. The van der Waals surface area contributed by atoms with E-state index in [4.69, 9.17) is 18.9 Å². The number of ether oxygens (including phenoxy) is 4. The lowest BCUT2D eigenvalue weighted by Crippen LogP contribution is -2.51. The predicted molar refractivity (Wildman–Crippen MR) is 157 cm³/mol. The van der Waals surface area contributed by atoms with Crippen LogP contribution in [0, 0.1) is 0 Å². The molecule has 2 aliphatic rings. The lowest BCUT2D eigenvalue weighted by molar-refractivity contribution is -0.139. The topological polar surface area (TPSA) is 110 Å². The number of methoxy groups -OCH3 is 3. The number of carbonyl (C=O) groups excluding carboxylic acids is 3. The molecule has 0 spiro atoms. The van der Waals surface area contributed by atoms with Gasteiger partial charge in [-0.25, -0.2) is 9.59 Å². The Hall–Kier alpha value is -4.25. The van der Waals surface area contributed by atoms with Crippen LogP contribution in [0.15, 0.2) is 53.7 Å². The molecule has 0 aromatic heterocycles. The average molecular weight is 581 g/mol. The molecule has 0 aliphatic carbocycles. The predicted octanol–water partition coefficient (Wildman–Crippen LogP) is 3.46. The van der Waals surface area contributed by atoms with Crippen molar-refractivity contribution in [2.24, 2.45) is 0 Å². The molecule has 1 saturated heterocycles. The smallest absolute Gasteiger partial charge is 0.338 e. The first-order chi connectivity index (χ1) is 20.3.